The lowest BCUT2D eigenvalue weighted by Crippen LogP contribution is -2.28. The Balaban J connectivity index is 2.26. The van der Waals surface area contributed by atoms with E-state index < -0.39 is 0 Å². The molecule has 0 aromatic rings. The fourth-order valence-electron chi connectivity index (χ4n) is 1.68. The third kappa shape index (κ3) is 1.63. The molecule has 0 aromatic heterocycles. The molecule has 0 heterocycles. The van der Waals surface area contributed by atoms with Crippen molar-refractivity contribution in [3.63, 3.8) is 0 Å². The normalized spacial score (nSPS) is 22.0. The highest BCUT2D eigenvalue weighted by atomic mass is 14.9. The molecule has 56 valence electrons. The maximum Gasteiger partial charge on any atom is 0.176 e. The van der Waals surface area contributed by atoms with Gasteiger partial charge in [-0.25, -0.2) is 0 Å². The second-order valence-corrected chi connectivity index (χ2v) is 3.09. The van der Waals surface area contributed by atoms with Crippen LogP contribution in [0.4, 0.5) is 0 Å². The lowest BCUT2D eigenvalue weighted by molar-refractivity contribution is 0.420. The molecule has 0 bridgehead atoms. The van der Waals surface area contributed by atoms with Gasteiger partial charge in [-0.05, 0) is 25.7 Å². The molecule has 2 nitrogen and oxygen atoms in total. The summed E-state index contributed by atoms with van der Waals surface area (Å²) < 4.78 is 0. The van der Waals surface area contributed by atoms with E-state index in [0.717, 1.165) is 5.92 Å². The van der Waals surface area contributed by atoms with E-state index in [4.69, 9.17) is 5.26 Å². The molecule has 1 atom stereocenters. The van der Waals surface area contributed by atoms with Gasteiger partial charge in [-0.3, -0.25) is 0 Å². The largest absolute Gasteiger partial charge is 0.321 e. The Bertz CT molecular complexity index is 131. The Morgan fingerprint density at radius 3 is 2.60 bits per heavy atom. The summed E-state index contributed by atoms with van der Waals surface area (Å²) in [7, 11) is 0. The molecule has 0 aromatic carbocycles. The molecule has 0 saturated heterocycles. The maximum absolute atomic E-state index is 8.34. The van der Waals surface area contributed by atoms with Gasteiger partial charge in [0.25, 0.3) is 0 Å². The van der Waals surface area contributed by atoms with E-state index in [1.165, 1.54) is 25.7 Å². The molecular weight excluding hydrogens is 124 g/mol. The van der Waals surface area contributed by atoms with Crippen LogP contribution >= 0.6 is 0 Å². The first kappa shape index (κ1) is 7.40. The first-order valence-corrected chi connectivity index (χ1v) is 3.99. The zero-order chi connectivity index (χ0) is 7.40. The van der Waals surface area contributed by atoms with Gasteiger partial charge >= 0.3 is 0 Å². The molecule has 1 N–H and O–H groups in total. The predicted octanol–water partition coefficient (Wildman–Crippen LogP) is 1.64. The van der Waals surface area contributed by atoms with E-state index in [1.807, 2.05) is 6.19 Å². The van der Waals surface area contributed by atoms with Crippen LogP contribution in [0.25, 0.3) is 0 Å². The van der Waals surface area contributed by atoms with Gasteiger partial charge in [0.2, 0.25) is 0 Å². The number of rotatable bonds is 2. The third-order valence-electron chi connectivity index (χ3n) is 2.40. The first-order valence-electron chi connectivity index (χ1n) is 3.99. The molecule has 1 saturated carbocycles. The molecule has 0 radical (unpaired) electrons. The molecule has 0 aliphatic heterocycles. The second-order valence-electron chi connectivity index (χ2n) is 3.09. The Morgan fingerprint density at radius 1 is 1.50 bits per heavy atom. The highest BCUT2D eigenvalue weighted by Gasteiger charge is 2.20. The second kappa shape index (κ2) is 3.46. The summed E-state index contributed by atoms with van der Waals surface area (Å²) in [5.41, 5.74) is 0. The zero-order valence-electron chi connectivity index (χ0n) is 6.43. The van der Waals surface area contributed by atoms with Gasteiger partial charge in [-0.2, -0.15) is 5.26 Å². The predicted molar refractivity (Wildman–Crippen MR) is 40.2 cm³/mol. The van der Waals surface area contributed by atoms with Crippen molar-refractivity contribution in [1.29, 1.82) is 5.26 Å². The SMILES string of the molecule is C[C@H](NC#N)C1CCCC1. The van der Waals surface area contributed by atoms with Crippen LogP contribution in [-0.4, -0.2) is 6.04 Å². The fraction of sp³-hybridized carbons (Fsp3) is 0.875. The number of nitrogens with one attached hydrogen (secondary N) is 1. The van der Waals surface area contributed by atoms with Gasteiger partial charge < -0.3 is 5.32 Å². The van der Waals surface area contributed by atoms with Crippen LogP contribution in [0.15, 0.2) is 0 Å². The van der Waals surface area contributed by atoms with E-state index in [9.17, 15) is 0 Å². The van der Waals surface area contributed by atoms with Crippen molar-refractivity contribution in [2.75, 3.05) is 0 Å². The van der Waals surface area contributed by atoms with Crippen LogP contribution < -0.4 is 5.32 Å². The van der Waals surface area contributed by atoms with Crippen LogP contribution in [0.2, 0.25) is 0 Å². The highest BCUT2D eigenvalue weighted by Crippen LogP contribution is 2.27. The third-order valence-corrected chi connectivity index (χ3v) is 2.40. The van der Waals surface area contributed by atoms with Gasteiger partial charge in [0.1, 0.15) is 0 Å². The zero-order valence-corrected chi connectivity index (χ0v) is 6.43. The fourth-order valence-corrected chi connectivity index (χ4v) is 1.68. The molecule has 10 heavy (non-hydrogen) atoms. The van der Waals surface area contributed by atoms with Crippen LogP contribution in [0.3, 0.4) is 0 Å². The van der Waals surface area contributed by atoms with Crippen molar-refractivity contribution in [3.8, 4) is 6.19 Å². The van der Waals surface area contributed by atoms with E-state index in [1.54, 1.807) is 0 Å². The average molecular weight is 138 g/mol. The van der Waals surface area contributed by atoms with Crippen molar-refractivity contribution in [2.45, 2.75) is 38.6 Å². The van der Waals surface area contributed by atoms with E-state index in [2.05, 4.69) is 12.2 Å². The maximum atomic E-state index is 8.34. The lowest BCUT2D eigenvalue weighted by atomic mass is 10.0. The van der Waals surface area contributed by atoms with Gasteiger partial charge in [0, 0.05) is 6.04 Å². The molecule has 2 heteroatoms. The van der Waals surface area contributed by atoms with Crippen molar-refractivity contribution in [1.82, 2.24) is 5.32 Å². The van der Waals surface area contributed by atoms with Crippen molar-refractivity contribution in [3.05, 3.63) is 0 Å². The average Bonchev–Trinajstić information content (AvgIpc) is 2.38. The van der Waals surface area contributed by atoms with Gasteiger partial charge in [-0.15, -0.1) is 0 Å². The monoisotopic (exact) mass is 138 g/mol. The smallest absolute Gasteiger partial charge is 0.176 e. The van der Waals surface area contributed by atoms with Gasteiger partial charge in [0.15, 0.2) is 6.19 Å². The molecule has 0 amide bonds. The Kier molecular flexibility index (Phi) is 2.56. The Morgan fingerprint density at radius 2 is 2.10 bits per heavy atom. The molecule has 1 aliphatic rings. The lowest BCUT2D eigenvalue weighted by Gasteiger charge is -2.15. The van der Waals surface area contributed by atoms with Crippen LogP contribution in [0.1, 0.15) is 32.6 Å². The highest BCUT2D eigenvalue weighted by molar-refractivity contribution is 4.81. The minimum atomic E-state index is 0.396. The number of nitriles is 1. The van der Waals surface area contributed by atoms with Crippen LogP contribution in [-0.2, 0) is 0 Å². The number of nitrogens with zero attached hydrogens (tertiary/aromatic N) is 1. The summed E-state index contributed by atoms with van der Waals surface area (Å²) in [6.45, 7) is 2.10. The summed E-state index contributed by atoms with van der Waals surface area (Å²) in [5.74, 6) is 0.750. The minimum Gasteiger partial charge on any atom is -0.321 e. The molecule has 0 unspecified atom stereocenters. The molecular formula is C8H14N2. The Hall–Kier alpha value is -0.710. The number of hydrogen-bond donors (Lipinski definition) is 1. The van der Waals surface area contributed by atoms with E-state index in [0.29, 0.717) is 6.04 Å². The van der Waals surface area contributed by atoms with Crippen LogP contribution in [0, 0.1) is 17.4 Å². The topological polar surface area (TPSA) is 35.8 Å². The summed E-state index contributed by atoms with van der Waals surface area (Å²) in [4.78, 5) is 0. The standard InChI is InChI=1S/C8H14N2/c1-7(10-6-9)8-4-2-3-5-8/h7-8,10H,2-5H2,1H3/t7-/m0/s1. The van der Waals surface area contributed by atoms with Crippen molar-refractivity contribution in [2.24, 2.45) is 5.92 Å². The number of hydrogen-bond acceptors (Lipinski definition) is 2. The Labute approximate surface area is 62.2 Å². The summed E-state index contributed by atoms with van der Waals surface area (Å²) in [6, 6.07) is 0.396. The summed E-state index contributed by atoms with van der Waals surface area (Å²) in [6.07, 6.45) is 7.30. The summed E-state index contributed by atoms with van der Waals surface area (Å²) in [5, 5.41) is 11.1. The van der Waals surface area contributed by atoms with E-state index in [-0.39, 0.29) is 0 Å². The molecule has 1 aliphatic carbocycles. The summed E-state index contributed by atoms with van der Waals surface area (Å²) >= 11 is 0. The molecule has 1 rings (SSSR count). The van der Waals surface area contributed by atoms with Gasteiger partial charge in [0.05, 0.1) is 0 Å². The van der Waals surface area contributed by atoms with Crippen LogP contribution in [0.5, 0.6) is 0 Å². The minimum absolute atomic E-state index is 0.396. The molecule has 1 fully saturated rings. The quantitative estimate of drug-likeness (QED) is 0.465. The first-order chi connectivity index (χ1) is 4.84. The van der Waals surface area contributed by atoms with Crippen molar-refractivity contribution < 1.29 is 0 Å². The van der Waals surface area contributed by atoms with Gasteiger partial charge in [-0.1, -0.05) is 12.8 Å². The van der Waals surface area contributed by atoms with E-state index >= 15 is 0 Å². The van der Waals surface area contributed by atoms with Crippen molar-refractivity contribution >= 4 is 0 Å². The molecule has 0 spiro atoms.